The molecule has 0 saturated heterocycles. The van der Waals surface area contributed by atoms with Crippen LogP contribution in [0.15, 0.2) is 48.5 Å². The Morgan fingerprint density at radius 2 is 1.23 bits per heavy atom. The molecule has 0 aliphatic rings. The van der Waals surface area contributed by atoms with Gasteiger partial charge in [0, 0.05) is 11.4 Å². The second-order valence-electron chi connectivity index (χ2n) is 5.47. The summed E-state index contributed by atoms with van der Waals surface area (Å²) in [6.07, 6.45) is 0. The van der Waals surface area contributed by atoms with E-state index >= 15 is 0 Å². The van der Waals surface area contributed by atoms with Gasteiger partial charge in [-0.05, 0) is 37.1 Å². The summed E-state index contributed by atoms with van der Waals surface area (Å²) in [6.45, 7) is 3.85. The second-order valence-corrected chi connectivity index (χ2v) is 5.47. The van der Waals surface area contributed by atoms with Gasteiger partial charge in [-0.15, -0.1) is 0 Å². The molecule has 0 fully saturated rings. The van der Waals surface area contributed by atoms with Crippen LogP contribution in [0.3, 0.4) is 0 Å². The first kappa shape index (κ1) is 19.8. The summed E-state index contributed by atoms with van der Waals surface area (Å²) in [6, 6.07) is 15.1. The molecule has 0 spiro atoms. The van der Waals surface area contributed by atoms with Crippen LogP contribution in [0.5, 0.6) is 0 Å². The number of carboxylic acid groups (broad SMARTS) is 1. The van der Waals surface area contributed by atoms with E-state index in [4.69, 9.17) is 0 Å². The topological polar surface area (TPSA) is 103 Å². The summed E-state index contributed by atoms with van der Waals surface area (Å²) in [4.78, 5) is 23.3. The Labute approximate surface area is 173 Å². The number of benzene rings is 2. The fraction of sp³-hybridized carbons (Fsp3) is 0.111. The molecule has 2 aromatic carbocycles. The summed E-state index contributed by atoms with van der Waals surface area (Å²) in [5, 5.41) is 17.3. The Morgan fingerprint density at radius 3 is 1.62 bits per heavy atom. The van der Waals surface area contributed by atoms with Crippen LogP contribution < -0.4 is 45.3 Å². The number of anilines is 4. The van der Waals surface area contributed by atoms with Crippen LogP contribution >= 0.6 is 0 Å². The molecule has 0 saturated carbocycles. The number of nitrogens with zero attached hydrogens (tertiary/aromatic N) is 3. The third-order valence-corrected chi connectivity index (χ3v) is 3.60. The Balaban J connectivity index is 0.00000243. The fourth-order valence-electron chi connectivity index (χ4n) is 2.25. The molecule has 1 aromatic heterocycles. The van der Waals surface area contributed by atoms with E-state index in [1.54, 1.807) is 0 Å². The van der Waals surface area contributed by atoms with Crippen molar-refractivity contribution in [3.63, 3.8) is 0 Å². The van der Waals surface area contributed by atoms with Crippen LogP contribution in [-0.2, 0) is 0 Å². The molecule has 0 aliphatic carbocycles. The molecule has 0 amide bonds. The van der Waals surface area contributed by atoms with E-state index < -0.39 is 11.8 Å². The Hall–Kier alpha value is -2.48. The first-order valence-electron chi connectivity index (χ1n) is 7.65. The number of aromatic carboxylic acids is 1. The monoisotopic (exact) mass is 357 g/mol. The molecule has 26 heavy (non-hydrogen) atoms. The Bertz CT molecular complexity index is 867. The number of aromatic nitrogens is 3. The summed E-state index contributed by atoms with van der Waals surface area (Å²) in [7, 11) is 0. The molecule has 126 valence electrons. The smallest absolute Gasteiger partial charge is 0.541 e. The van der Waals surface area contributed by atoms with Crippen molar-refractivity contribution in [2.75, 3.05) is 10.6 Å². The van der Waals surface area contributed by atoms with Gasteiger partial charge in [0.1, 0.15) is 5.97 Å². The summed E-state index contributed by atoms with van der Waals surface area (Å²) in [5.41, 5.74) is 3.51. The quantitative estimate of drug-likeness (QED) is 0.585. The maximum absolute atomic E-state index is 11.2. The maximum Gasteiger partial charge on any atom is 1.00 e. The van der Waals surface area contributed by atoms with E-state index in [0.29, 0.717) is 0 Å². The molecule has 8 heteroatoms. The first-order chi connectivity index (χ1) is 12.0. The van der Waals surface area contributed by atoms with E-state index in [-0.39, 0.29) is 41.5 Å². The first-order valence-corrected chi connectivity index (χ1v) is 7.65. The molecule has 3 aromatic rings. The van der Waals surface area contributed by atoms with E-state index in [9.17, 15) is 9.90 Å². The SMILES string of the molecule is Cc1ccccc1Nc1nc(Nc2ccccc2C)nc(C(=O)[O-])n1.[Na+]. The molecule has 0 atom stereocenters. The molecule has 0 radical (unpaired) electrons. The van der Waals surface area contributed by atoms with Gasteiger partial charge in [-0.3, -0.25) is 0 Å². The van der Waals surface area contributed by atoms with Crippen molar-refractivity contribution < 1.29 is 39.5 Å². The maximum atomic E-state index is 11.2. The van der Waals surface area contributed by atoms with Crippen molar-refractivity contribution in [3.8, 4) is 0 Å². The van der Waals surface area contributed by atoms with Gasteiger partial charge in [0.05, 0.1) is 0 Å². The number of hydrogen-bond donors (Lipinski definition) is 2. The third-order valence-electron chi connectivity index (χ3n) is 3.60. The number of carbonyl (C=O) groups is 1. The molecule has 3 rings (SSSR count). The number of carbonyl (C=O) groups excluding carboxylic acids is 1. The van der Waals surface area contributed by atoms with Crippen LogP contribution in [0, 0.1) is 13.8 Å². The minimum absolute atomic E-state index is 0. The fourth-order valence-corrected chi connectivity index (χ4v) is 2.25. The zero-order chi connectivity index (χ0) is 17.8. The van der Waals surface area contributed by atoms with E-state index in [2.05, 4.69) is 25.6 Å². The van der Waals surface area contributed by atoms with Gasteiger partial charge in [0.25, 0.3) is 0 Å². The summed E-state index contributed by atoms with van der Waals surface area (Å²) >= 11 is 0. The van der Waals surface area contributed by atoms with Crippen LogP contribution in [0.1, 0.15) is 21.7 Å². The minimum atomic E-state index is -1.47. The molecule has 2 N–H and O–H groups in total. The molecule has 0 unspecified atom stereocenters. The van der Waals surface area contributed by atoms with Gasteiger partial charge >= 0.3 is 29.6 Å². The minimum Gasteiger partial charge on any atom is -0.541 e. The number of para-hydroxylation sites is 2. The van der Waals surface area contributed by atoms with Crippen LogP contribution in [0.4, 0.5) is 23.3 Å². The van der Waals surface area contributed by atoms with Gasteiger partial charge in [0.2, 0.25) is 11.9 Å². The van der Waals surface area contributed by atoms with Crippen LogP contribution in [-0.4, -0.2) is 20.9 Å². The molecule has 0 aliphatic heterocycles. The van der Waals surface area contributed by atoms with Gasteiger partial charge in [-0.25, -0.2) is 0 Å². The average Bonchev–Trinajstić information content (AvgIpc) is 2.59. The zero-order valence-electron chi connectivity index (χ0n) is 14.8. The number of rotatable bonds is 5. The van der Waals surface area contributed by atoms with Gasteiger partial charge in [-0.1, -0.05) is 36.4 Å². The number of nitrogens with one attached hydrogen (secondary N) is 2. The summed E-state index contributed by atoms with van der Waals surface area (Å²) in [5.74, 6) is -1.66. The molecule has 7 nitrogen and oxygen atoms in total. The van der Waals surface area contributed by atoms with Crippen molar-refractivity contribution in [2.24, 2.45) is 0 Å². The van der Waals surface area contributed by atoms with E-state index in [0.717, 1.165) is 22.5 Å². The van der Waals surface area contributed by atoms with Gasteiger partial charge < -0.3 is 20.5 Å². The van der Waals surface area contributed by atoms with Crippen molar-refractivity contribution in [2.45, 2.75) is 13.8 Å². The normalized spacial score (nSPS) is 9.92. The van der Waals surface area contributed by atoms with Gasteiger partial charge in [-0.2, -0.15) is 15.0 Å². The third kappa shape index (κ3) is 4.78. The number of hydrogen-bond acceptors (Lipinski definition) is 7. The van der Waals surface area contributed by atoms with Crippen LogP contribution in [0.25, 0.3) is 0 Å². The molecular weight excluding hydrogens is 341 g/mol. The predicted molar refractivity (Wildman–Crippen MR) is 93.1 cm³/mol. The largest absolute Gasteiger partial charge is 1.00 e. The van der Waals surface area contributed by atoms with E-state index in [1.807, 2.05) is 62.4 Å². The Kier molecular flexibility index (Phi) is 6.68. The standard InChI is InChI=1S/C18H17N5O2.Na/c1-11-7-3-5-9-13(11)19-17-21-15(16(24)25)22-18(23-17)20-14-10-6-4-8-12(14)2;/h3-10H,1-2H3,(H,24,25)(H2,19,20,21,22,23);/q;+1/p-1. The molecule has 1 heterocycles. The number of aryl methyl sites for hydroxylation is 2. The van der Waals surface area contributed by atoms with Gasteiger partial charge in [0.15, 0.2) is 5.82 Å². The van der Waals surface area contributed by atoms with Crippen molar-refractivity contribution in [3.05, 3.63) is 65.5 Å². The Morgan fingerprint density at radius 1 is 0.808 bits per heavy atom. The van der Waals surface area contributed by atoms with Crippen molar-refractivity contribution in [1.82, 2.24) is 15.0 Å². The predicted octanol–water partition coefficient (Wildman–Crippen LogP) is -0.657. The number of carboxylic acids is 1. The molecular formula is C18H16N5NaO2. The van der Waals surface area contributed by atoms with Crippen molar-refractivity contribution in [1.29, 1.82) is 0 Å². The molecule has 0 bridgehead atoms. The van der Waals surface area contributed by atoms with Crippen LogP contribution in [0.2, 0.25) is 0 Å². The van der Waals surface area contributed by atoms with E-state index in [1.165, 1.54) is 0 Å². The van der Waals surface area contributed by atoms with Crippen molar-refractivity contribution >= 4 is 29.2 Å². The second kappa shape index (κ2) is 8.75. The summed E-state index contributed by atoms with van der Waals surface area (Å²) < 4.78 is 0. The zero-order valence-corrected chi connectivity index (χ0v) is 16.8. The average molecular weight is 357 g/mol.